The van der Waals surface area contributed by atoms with Crippen LogP contribution in [0.2, 0.25) is 0 Å². The average molecular weight is 361 g/mol. The highest BCUT2D eigenvalue weighted by Crippen LogP contribution is 2.30. The summed E-state index contributed by atoms with van der Waals surface area (Å²) in [6.45, 7) is 5.91. The third kappa shape index (κ3) is 3.33. The Hall–Kier alpha value is -3.08. The van der Waals surface area contributed by atoms with Crippen LogP contribution in [0.5, 0.6) is 0 Å². The van der Waals surface area contributed by atoms with Crippen LogP contribution in [0.3, 0.4) is 0 Å². The predicted molar refractivity (Wildman–Crippen MR) is 105 cm³/mol. The summed E-state index contributed by atoms with van der Waals surface area (Å²) in [6, 6.07) is 12.4. The second-order valence-corrected chi connectivity index (χ2v) is 7.09. The maximum atomic E-state index is 12.4. The van der Waals surface area contributed by atoms with E-state index in [2.05, 4.69) is 28.7 Å². The Labute approximate surface area is 158 Å². The number of carbonyl (C=O) groups excluding carboxylic acids is 1. The van der Waals surface area contributed by atoms with E-state index in [-0.39, 0.29) is 11.9 Å². The highest BCUT2D eigenvalue weighted by atomic mass is 16.5. The summed E-state index contributed by atoms with van der Waals surface area (Å²) in [5.41, 5.74) is 5.63. The van der Waals surface area contributed by atoms with Crippen LogP contribution in [-0.4, -0.2) is 15.6 Å². The fraction of sp³-hybridized carbons (Fsp3) is 0.273. The van der Waals surface area contributed by atoms with Gasteiger partial charge in [0.25, 0.3) is 0 Å². The van der Waals surface area contributed by atoms with Crippen LogP contribution < -0.4 is 5.32 Å². The summed E-state index contributed by atoms with van der Waals surface area (Å²) in [6.07, 6.45) is 5.45. The molecule has 0 fully saturated rings. The van der Waals surface area contributed by atoms with Gasteiger partial charge in [-0.2, -0.15) is 0 Å². The number of nitrogens with zero attached hydrogens (tertiary/aromatic N) is 2. The Balaban J connectivity index is 1.50. The lowest BCUT2D eigenvalue weighted by atomic mass is 10.1. The standard InChI is InChI=1S/C22H23N3O2/c1-14-12-18(16(3)25(14)21-13-15(2)27-24-21)9-11-22(26)23-20-10-8-17-6-4-5-7-19(17)20/h4-7,9,11-13,20H,8,10H2,1-3H3,(H,23,26)/b11-9+/t20-/m0/s1. The molecule has 0 unspecified atom stereocenters. The molecule has 3 aromatic rings. The molecule has 1 aliphatic carbocycles. The van der Waals surface area contributed by atoms with Crippen molar-refractivity contribution >= 4 is 12.0 Å². The van der Waals surface area contributed by atoms with E-state index in [1.807, 2.05) is 49.6 Å². The van der Waals surface area contributed by atoms with Crippen LogP contribution >= 0.6 is 0 Å². The topological polar surface area (TPSA) is 60.1 Å². The van der Waals surface area contributed by atoms with Crippen LogP contribution in [0.15, 0.2) is 47.0 Å². The van der Waals surface area contributed by atoms with E-state index in [9.17, 15) is 4.79 Å². The highest BCUT2D eigenvalue weighted by Gasteiger charge is 2.22. The first-order valence-corrected chi connectivity index (χ1v) is 9.22. The van der Waals surface area contributed by atoms with Gasteiger partial charge >= 0.3 is 0 Å². The highest BCUT2D eigenvalue weighted by molar-refractivity contribution is 5.92. The number of rotatable bonds is 4. The first-order chi connectivity index (χ1) is 13.0. The number of hydrogen-bond donors (Lipinski definition) is 1. The molecule has 1 atom stereocenters. The van der Waals surface area contributed by atoms with Crippen molar-refractivity contribution in [1.29, 1.82) is 0 Å². The molecule has 0 spiro atoms. The van der Waals surface area contributed by atoms with Crippen molar-refractivity contribution in [2.24, 2.45) is 0 Å². The lowest BCUT2D eigenvalue weighted by molar-refractivity contribution is -0.117. The van der Waals surface area contributed by atoms with Crippen molar-refractivity contribution in [3.8, 4) is 5.82 Å². The van der Waals surface area contributed by atoms with Crippen LogP contribution in [0.1, 0.15) is 46.3 Å². The molecule has 5 heteroatoms. The van der Waals surface area contributed by atoms with E-state index in [1.165, 1.54) is 11.1 Å². The van der Waals surface area contributed by atoms with Crippen molar-refractivity contribution in [2.75, 3.05) is 0 Å². The summed E-state index contributed by atoms with van der Waals surface area (Å²) in [5, 5.41) is 7.21. The number of fused-ring (bicyclic) bond motifs is 1. The van der Waals surface area contributed by atoms with E-state index in [4.69, 9.17) is 4.52 Å². The van der Waals surface area contributed by atoms with Crippen LogP contribution in [0.4, 0.5) is 0 Å². The van der Waals surface area contributed by atoms with E-state index >= 15 is 0 Å². The van der Waals surface area contributed by atoms with Gasteiger partial charge in [-0.25, -0.2) is 0 Å². The molecule has 0 saturated heterocycles. The molecule has 138 valence electrons. The molecule has 2 heterocycles. The second kappa shape index (κ2) is 6.91. The van der Waals surface area contributed by atoms with Gasteiger partial charge in [0.15, 0.2) is 5.82 Å². The minimum atomic E-state index is -0.0706. The van der Waals surface area contributed by atoms with E-state index in [1.54, 1.807) is 6.08 Å². The zero-order valence-corrected chi connectivity index (χ0v) is 15.8. The van der Waals surface area contributed by atoms with Crippen molar-refractivity contribution in [3.63, 3.8) is 0 Å². The minimum Gasteiger partial charge on any atom is -0.360 e. The minimum absolute atomic E-state index is 0.0706. The third-order valence-electron chi connectivity index (χ3n) is 5.18. The van der Waals surface area contributed by atoms with E-state index < -0.39 is 0 Å². The van der Waals surface area contributed by atoms with Gasteiger partial charge in [-0.3, -0.25) is 9.36 Å². The summed E-state index contributed by atoms with van der Waals surface area (Å²) in [7, 11) is 0. The normalized spacial score (nSPS) is 16.0. The molecule has 0 aliphatic heterocycles. The van der Waals surface area contributed by atoms with Crippen LogP contribution in [-0.2, 0) is 11.2 Å². The van der Waals surface area contributed by atoms with E-state index in [0.717, 1.165) is 41.4 Å². The number of amides is 1. The molecular weight excluding hydrogens is 338 g/mol. The summed E-state index contributed by atoms with van der Waals surface area (Å²) in [4.78, 5) is 12.4. The van der Waals surface area contributed by atoms with Gasteiger partial charge in [0.1, 0.15) is 5.76 Å². The van der Waals surface area contributed by atoms with Gasteiger partial charge in [-0.15, -0.1) is 0 Å². The predicted octanol–water partition coefficient (Wildman–Crippen LogP) is 4.21. The molecule has 0 radical (unpaired) electrons. The number of nitrogens with one attached hydrogen (secondary N) is 1. The molecule has 0 saturated carbocycles. The molecule has 5 nitrogen and oxygen atoms in total. The van der Waals surface area contributed by atoms with Crippen molar-refractivity contribution in [3.05, 3.63) is 76.3 Å². The lowest BCUT2D eigenvalue weighted by Gasteiger charge is -2.12. The molecule has 0 bridgehead atoms. The molecule has 1 aliphatic rings. The Kier molecular flexibility index (Phi) is 4.44. The van der Waals surface area contributed by atoms with Crippen LogP contribution in [0.25, 0.3) is 11.9 Å². The molecule has 1 N–H and O–H groups in total. The fourth-order valence-corrected chi connectivity index (χ4v) is 3.86. The Bertz CT molecular complexity index is 1030. The number of aromatic nitrogens is 2. The largest absolute Gasteiger partial charge is 0.360 e. The third-order valence-corrected chi connectivity index (χ3v) is 5.18. The van der Waals surface area contributed by atoms with Gasteiger partial charge in [-0.1, -0.05) is 29.4 Å². The maximum Gasteiger partial charge on any atom is 0.244 e. The number of carbonyl (C=O) groups is 1. The lowest BCUT2D eigenvalue weighted by Crippen LogP contribution is -2.25. The van der Waals surface area contributed by atoms with Gasteiger partial charge in [0.2, 0.25) is 5.91 Å². The first-order valence-electron chi connectivity index (χ1n) is 9.22. The number of benzene rings is 1. The summed E-state index contributed by atoms with van der Waals surface area (Å²) >= 11 is 0. The fourth-order valence-electron chi connectivity index (χ4n) is 3.86. The molecule has 2 aromatic heterocycles. The zero-order valence-electron chi connectivity index (χ0n) is 15.8. The van der Waals surface area contributed by atoms with Crippen molar-refractivity contribution in [1.82, 2.24) is 15.0 Å². The molecule has 1 aromatic carbocycles. The van der Waals surface area contributed by atoms with Crippen LogP contribution in [0, 0.1) is 20.8 Å². The Morgan fingerprint density at radius 2 is 2.07 bits per heavy atom. The first kappa shape index (κ1) is 17.3. The number of aryl methyl sites for hydroxylation is 3. The van der Waals surface area contributed by atoms with Gasteiger partial charge in [0, 0.05) is 23.5 Å². The molecule has 27 heavy (non-hydrogen) atoms. The van der Waals surface area contributed by atoms with Gasteiger partial charge in [-0.05, 0) is 62.4 Å². The summed E-state index contributed by atoms with van der Waals surface area (Å²) < 4.78 is 7.22. The molecule has 4 rings (SSSR count). The average Bonchev–Trinajstić information content (AvgIpc) is 3.32. The quantitative estimate of drug-likeness (QED) is 0.708. The smallest absolute Gasteiger partial charge is 0.244 e. The maximum absolute atomic E-state index is 12.4. The summed E-state index contributed by atoms with van der Waals surface area (Å²) in [5.74, 6) is 1.46. The van der Waals surface area contributed by atoms with E-state index in [0.29, 0.717) is 0 Å². The zero-order chi connectivity index (χ0) is 19.0. The second-order valence-electron chi connectivity index (χ2n) is 7.09. The van der Waals surface area contributed by atoms with Crippen molar-refractivity contribution < 1.29 is 9.32 Å². The van der Waals surface area contributed by atoms with Crippen molar-refractivity contribution in [2.45, 2.75) is 39.7 Å². The molecular formula is C22H23N3O2. The van der Waals surface area contributed by atoms with Gasteiger partial charge < -0.3 is 9.84 Å². The Morgan fingerprint density at radius 1 is 1.26 bits per heavy atom. The Morgan fingerprint density at radius 3 is 2.85 bits per heavy atom. The number of hydrogen-bond acceptors (Lipinski definition) is 3. The van der Waals surface area contributed by atoms with Gasteiger partial charge in [0.05, 0.1) is 6.04 Å². The SMILES string of the molecule is Cc1cc(-n2c(C)cc(/C=C/C(=O)N[C@H]3CCc4ccccc43)c2C)no1. The molecule has 1 amide bonds. The monoisotopic (exact) mass is 361 g/mol.